The van der Waals surface area contributed by atoms with Gasteiger partial charge in [-0.3, -0.25) is 0 Å². The third-order valence-electron chi connectivity index (χ3n) is 2.65. The van der Waals surface area contributed by atoms with Crippen molar-refractivity contribution >= 4 is 0 Å². The molecule has 0 aliphatic heterocycles. The molecule has 4 nitrogen and oxygen atoms in total. The summed E-state index contributed by atoms with van der Waals surface area (Å²) in [4.78, 5) is 0. The van der Waals surface area contributed by atoms with E-state index in [0.717, 1.165) is 0 Å². The normalized spacial score (nSPS) is 17.4. The summed E-state index contributed by atoms with van der Waals surface area (Å²) in [5, 5.41) is 12.9. The fourth-order valence-corrected chi connectivity index (χ4v) is 1.17. The number of methoxy groups -OCH3 is 1. The van der Waals surface area contributed by atoms with Crippen molar-refractivity contribution in [2.24, 2.45) is 5.92 Å². The Morgan fingerprint density at radius 1 is 1.12 bits per heavy atom. The molecular weight excluding hydrogens is 206 g/mol. The lowest BCUT2D eigenvalue weighted by molar-refractivity contribution is -0.0317. The van der Waals surface area contributed by atoms with Crippen molar-refractivity contribution in [2.45, 2.75) is 45.9 Å². The van der Waals surface area contributed by atoms with E-state index in [0.29, 0.717) is 31.7 Å². The molecule has 3 atom stereocenters. The van der Waals surface area contributed by atoms with Crippen LogP contribution in [0.5, 0.6) is 0 Å². The molecule has 2 N–H and O–H groups in total. The SMILES string of the molecule is COCC(C)OCC(O)CNC(C)C(C)C. The summed E-state index contributed by atoms with van der Waals surface area (Å²) in [6.45, 7) is 9.83. The van der Waals surface area contributed by atoms with Gasteiger partial charge in [0, 0.05) is 19.7 Å². The number of hydrogen-bond donors (Lipinski definition) is 2. The van der Waals surface area contributed by atoms with Gasteiger partial charge in [0.25, 0.3) is 0 Å². The number of nitrogens with one attached hydrogen (secondary N) is 1. The highest BCUT2D eigenvalue weighted by atomic mass is 16.5. The van der Waals surface area contributed by atoms with Crippen LogP contribution in [0.4, 0.5) is 0 Å². The summed E-state index contributed by atoms with van der Waals surface area (Å²) < 4.78 is 10.4. The average Bonchev–Trinajstić information content (AvgIpc) is 2.23. The molecule has 0 fully saturated rings. The molecule has 0 aromatic heterocycles. The molecule has 0 aliphatic rings. The lowest BCUT2D eigenvalue weighted by Gasteiger charge is -2.21. The maximum absolute atomic E-state index is 9.67. The Labute approximate surface area is 99.3 Å². The number of aliphatic hydroxyl groups excluding tert-OH is 1. The molecule has 0 aliphatic carbocycles. The largest absolute Gasteiger partial charge is 0.389 e. The van der Waals surface area contributed by atoms with Gasteiger partial charge in [0.1, 0.15) is 0 Å². The van der Waals surface area contributed by atoms with Gasteiger partial charge in [-0.25, -0.2) is 0 Å². The lowest BCUT2D eigenvalue weighted by atomic mass is 10.1. The highest BCUT2D eigenvalue weighted by molar-refractivity contribution is 4.67. The van der Waals surface area contributed by atoms with Crippen LogP contribution in [0, 0.1) is 5.92 Å². The van der Waals surface area contributed by atoms with Crippen LogP contribution >= 0.6 is 0 Å². The van der Waals surface area contributed by atoms with Crippen LogP contribution in [0.25, 0.3) is 0 Å². The van der Waals surface area contributed by atoms with Crippen molar-refractivity contribution in [1.29, 1.82) is 0 Å². The zero-order valence-corrected chi connectivity index (χ0v) is 11.2. The second kappa shape index (κ2) is 8.93. The topological polar surface area (TPSA) is 50.7 Å². The predicted octanol–water partition coefficient (Wildman–Crippen LogP) is 1.03. The van der Waals surface area contributed by atoms with Gasteiger partial charge in [-0.2, -0.15) is 0 Å². The van der Waals surface area contributed by atoms with Gasteiger partial charge in [0.05, 0.1) is 25.4 Å². The van der Waals surface area contributed by atoms with Crippen molar-refractivity contribution in [2.75, 3.05) is 26.9 Å². The zero-order valence-electron chi connectivity index (χ0n) is 11.2. The lowest BCUT2D eigenvalue weighted by Crippen LogP contribution is -2.39. The third kappa shape index (κ3) is 8.05. The first-order valence-electron chi connectivity index (χ1n) is 5.99. The van der Waals surface area contributed by atoms with E-state index in [1.807, 2.05) is 6.92 Å². The quantitative estimate of drug-likeness (QED) is 0.624. The van der Waals surface area contributed by atoms with E-state index in [-0.39, 0.29) is 6.10 Å². The Morgan fingerprint density at radius 3 is 2.25 bits per heavy atom. The smallest absolute Gasteiger partial charge is 0.0897 e. The van der Waals surface area contributed by atoms with E-state index in [1.54, 1.807) is 7.11 Å². The molecule has 0 bridgehead atoms. The van der Waals surface area contributed by atoms with Gasteiger partial charge in [0.2, 0.25) is 0 Å². The number of ether oxygens (including phenoxy) is 2. The molecule has 0 amide bonds. The van der Waals surface area contributed by atoms with Gasteiger partial charge in [-0.1, -0.05) is 13.8 Å². The Morgan fingerprint density at radius 2 is 1.75 bits per heavy atom. The van der Waals surface area contributed by atoms with E-state index in [9.17, 15) is 5.11 Å². The molecule has 0 saturated heterocycles. The summed E-state index contributed by atoms with van der Waals surface area (Å²) in [5.41, 5.74) is 0. The summed E-state index contributed by atoms with van der Waals surface area (Å²) >= 11 is 0. The Balaban J connectivity index is 3.54. The van der Waals surface area contributed by atoms with Crippen molar-refractivity contribution in [3.05, 3.63) is 0 Å². The Bertz CT molecular complexity index is 164. The maximum atomic E-state index is 9.67. The molecule has 0 heterocycles. The summed E-state index contributed by atoms with van der Waals surface area (Å²) in [6, 6.07) is 0.408. The Hall–Kier alpha value is -0.160. The van der Waals surface area contributed by atoms with Crippen LogP contribution in [0.2, 0.25) is 0 Å². The second-order valence-electron chi connectivity index (χ2n) is 4.69. The van der Waals surface area contributed by atoms with E-state index in [2.05, 4.69) is 26.1 Å². The van der Waals surface area contributed by atoms with Crippen molar-refractivity contribution in [1.82, 2.24) is 5.32 Å². The van der Waals surface area contributed by atoms with Gasteiger partial charge in [-0.15, -0.1) is 0 Å². The second-order valence-corrected chi connectivity index (χ2v) is 4.69. The van der Waals surface area contributed by atoms with Crippen LogP contribution in [-0.4, -0.2) is 50.2 Å². The molecule has 4 heteroatoms. The summed E-state index contributed by atoms with van der Waals surface area (Å²) in [5.74, 6) is 0.570. The van der Waals surface area contributed by atoms with Crippen LogP contribution in [0.3, 0.4) is 0 Å². The molecule has 98 valence electrons. The molecule has 0 saturated carbocycles. The van der Waals surface area contributed by atoms with E-state index < -0.39 is 6.10 Å². The first-order valence-corrected chi connectivity index (χ1v) is 5.99. The standard InChI is InChI=1S/C12H27NO3/c1-9(2)11(4)13-6-12(14)8-16-10(3)7-15-5/h9-14H,6-8H2,1-5H3. The Kier molecular flexibility index (Phi) is 8.84. The van der Waals surface area contributed by atoms with E-state index in [4.69, 9.17) is 9.47 Å². The van der Waals surface area contributed by atoms with Gasteiger partial charge in [-0.05, 0) is 19.8 Å². The molecule has 0 rings (SSSR count). The van der Waals surface area contributed by atoms with Crippen LogP contribution in [-0.2, 0) is 9.47 Å². The average molecular weight is 233 g/mol. The minimum atomic E-state index is -0.458. The van der Waals surface area contributed by atoms with E-state index >= 15 is 0 Å². The van der Waals surface area contributed by atoms with Gasteiger partial charge < -0.3 is 19.9 Å². The minimum absolute atomic E-state index is 0.0298. The van der Waals surface area contributed by atoms with E-state index in [1.165, 1.54) is 0 Å². The molecule has 0 aromatic carbocycles. The highest BCUT2D eigenvalue weighted by Gasteiger charge is 2.11. The molecule has 0 spiro atoms. The number of aliphatic hydroxyl groups is 1. The predicted molar refractivity (Wildman–Crippen MR) is 65.6 cm³/mol. The monoisotopic (exact) mass is 233 g/mol. The highest BCUT2D eigenvalue weighted by Crippen LogP contribution is 2.00. The molecule has 16 heavy (non-hydrogen) atoms. The molecular formula is C12H27NO3. The molecule has 3 unspecified atom stereocenters. The number of hydrogen-bond acceptors (Lipinski definition) is 4. The third-order valence-corrected chi connectivity index (χ3v) is 2.65. The van der Waals surface area contributed by atoms with Crippen molar-refractivity contribution in [3.8, 4) is 0 Å². The van der Waals surface area contributed by atoms with Crippen LogP contribution < -0.4 is 5.32 Å². The number of rotatable bonds is 9. The van der Waals surface area contributed by atoms with Gasteiger partial charge >= 0.3 is 0 Å². The molecule has 0 radical (unpaired) electrons. The van der Waals surface area contributed by atoms with Gasteiger partial charge in [0.15, 0.2) is 0 Å². The first kappa shape index (κ1) is 15.8. The molecule has 0 aromatic rings. The minimum Gasteiger partial charge on any atom is -0.389 e. The first-order chi connectivity index (χ1) is 7.47. The van der Waals surface area contributed by atoms with Crippen molar-refractivity contribution < 1.29 is 14.6 Å². The summed E-state index contributed by atoms with van der Waals surface area (Å²) in [6.07, 6.45) is -0.428. The van der Waals surface area contributed by atoms with Crippen LogP contribution in [0.1, 0.15) is 27.7 Å². The summed E-state index contributed by atoms with van der Waals surface area (Å²) in [7, 11) is 1.64. The fraction of sp³-hybridized carbons (Fsp3) is 1.00. The van der Waals surface area contributed by atoms with Crippen molar-refractivity contribution in [3.63, 3.8) is 0 Å². The fourth-order valence-electron chi connectivity index (χ4n) is 1.17. The zero-order chi connectivity index (χ0) is 12.6. The maximum Gasteiger partial charge on any atom is 0.0897 e. The van der Waals surface area contributed by atoms with Crippen LogP contribution in [0.15, 0.2) is 0 Å².